The van der Waals surface area contributed by atoms with Gasteiger partial charge in [0.05, 0.1) is 33.3 Å². The van der Waals surface area contributed by atoms with Crippen molar-refractivity contribution in [3.8, 4) is 0 Å². The first-order valence-corrected chi connectivity index (χ1v) is 14.7. The van der Waals surface area contributed by atoms with Gasteiger partial charge in [0.1, 0.15) is 0 Å². The number of carbonyl (C=O) groups excluding carboxylic acids is 1. The van der Waals surface area contributed by atoms with Crippen molar-refractivity contribution in [2.45, 2.75) is 69.4 Å². The summed E-state index contributed by atoms with van der Waals surface area (Å²) in [6.07, 6.45) is 8.18. The molecule has 8 heteroatoms. The fourth-order valence-corrected chi connectivity index (χ4v) is 8.58. The van der Waals surface area contributed by atoms with Gasteiger partial charge < -0.3 is 4.90 Å². The average Bonchev–Trinajstić information content (AvgIpc) is 3.38. The quantitative estimate of drug-likeness (QED) is 0.657. The van der Waals surface area contributed by atoms with Crippen molar-refractivity contribution in [2.24, 2.45) is 0 Å². The fourth-order valence-electron chi connectivity index (χ4n) is 5.74. The molecule has 1 aliphatic carbocycles. The number of thiazole rings is 1. The average molecular weight is 476 g/mol. The van der Waals surface area contributed by atoms with E-state index in [4.69, 9.17) is 4.98 Å². The Kier molecular flexibility index (Phi) is 6.54. The third kappa shape index (κ3) is 4.87. The van der Waals surface area contributed by atoms with E-state index >= 15 is 0 Å². The molecule has 174 valence electrons. The molecule has 3 aliphatic rings. The summed E-state index contributed by atoms with van der Waals surface area (Å²) in [5, 5.41) is 1.22. The summed E-state index contributed by atoms with van der Waals surface area (Å²) in [4.78, 5) is 22.6. The molecular formula is C24H33N3O3S2. The van der Waals surface area contributed by atoms with Crippen LogP contribution < -0.4 is 0 Å². The van der Waals surface area contributed by atoms with E-state index in [1.807, 2.05) is 11.0 Å². The van der Waals surface area contributed by atoms with E-state index in [1.54, 1.807) is 11.3 Å². The minimum atomic E-state index is -3.01. The molecule has 1 atom stereocenters. The standard InChI is InChI=1S/C24H33N3O3S2/c28-23(27(19-6-2-1-3-7-19)20-12-15-32(29,30)17-20)16-26-13-10-18(11-14-26)24-25-21-8-4-5-9-22(21)31-24/h4-5,8-9,18-20H,1-3,6-7,10-17H2/t20-/m0/s1. The lowest BCUT2D eigenvalue weighted by molar-refractivity contribution is -0.138. The Balaban J connectivity index is 1.22. The fraction of sp³-hybridized carbons (Fsp3) is 0.667. The van der Waals surface area contributed by atoms with Gasteiger partial charge in [-0.1, -0.05) is 31.4 Å². The van der Waals surface area contributed by atoms with E-state index in [0.29, 0.717) is 18.9 Å². The minimum absolute atomic E-state index is 0.129. The number of benzene rings is 1. The highest BCUT2D eigenvalue weighted by molar-refractivity contribution is 7.91. The molecule has 0 bridgehead atoms. The molecule has 2 saturated heterocycles. The number of aromatic nitrogens is 1. The molecule has 2 aromatic rings. The summed E-state index contributed by atoms with van der Waals surface area (Å²) >= 11 is 1.80. The summed E-state index contributed by atoms with van der Waals surface area (Å²) in [5.74, 6) is 0.974. The second-order valence-electron chi connectivity index (χ2n) is 9.72. The van der Waals surface area contributed by atoms with Gasteiger partial charge in [0.15, 0.2) is 9.84 Å². The van der Waals surface area contributed by atoms with Gasteiger partial charge in [0.2, 0.25) is 5.91 Å². The zero-order chi connectivity index (χ0) is 22.1. The molecule has 0 unspecified atom stereocenters. The van der Waals surface area contributed by atoms with Gasteiger partial charge in [-0.15, -0.1) is 11.3 Å². The van der Waals surface area contributed by atoms with Gasteiger partial charge in [-0.05, 0) is 57.3 Å². The Labute approximate surface area is 194 Å². The minimum Gasteiger partial charge on any atom is -0.335 e. The van der Waals surface area contributed by atoms with E-state index < -0.39 is 9.84 Å². The van der Waals surface area contributed by atoms with Crippen molar-refractivity contribution in [1.82, 2.24) is 14.8 Å². The predicted octanol–water partition coefficient (Wildman–Crippen LogP) is 3.82. The van der Waals surface area contributed by atoms with E-state index in [-0.39, 0.29) is 29.5 Å². The Morgan fingerprint density at radius 3 is 2.47 bits per heavy atom. The number of amides is 1. The number of piperidine rings is 1. The molecular weight excluding hydrogens is 442 g/mol. The van der Waals surface area contributed by atoms with Gasteiger partial charge in [0, 0.05) is 18.0 Å². The molecule has 1 aromatic heterocycles. The number of fused-ring (bicyclic) bond motifs is 1. The van der Waals surface area contributed by atoms with Crippen LogP contribution in [0, 0.1) is 0 Å². The molecule has 5 rings (SSSR count). The molecule has 3 heterocycles. The normalized spacial score (nSPS) is 25.3. The Morgan fingerprint density at radius 1 is 1.03 bits per heavy atom. The first-order valence-electron chi connectivity index (χ1n) is 12.1. The monoisotopic (exact) mass is 475 g/mol. The highest BCUT2D eigenvalue weighted by atomic mass is 32.2. The van der Waals surface area contributed by atoms with Gasteiger partial charge in [-0.3, -0.25) is 9.69 Å². The summed E-state index contributed by atoms with van der Waals surface area (Å²) in [7, 11) is -3.01. The van der Waals surface area contributed by atoms with E-state index in [0.717, 1.165) is 57.1 Å². The summed E-state index contributed by atoms with van der Waals surface area (Å²) in [6.45, 7) is 2.21. The number of para-hydroxylation sites is 1. The van der Waals surface area contributed by atoms with E-state index in [2.05, 4.69) is 23.1 Å². The maximum Gasteiger partial charge on any atom is 0.237 e. The SMILES string of the molecule is O=C(CN1CCC(c2nc3ccccc3s2)CC1)N(C1CCCCC1)[C@H]1CCS(=O)(=O)C1. The first-order chi connectivity index (χ1) is 15.5. The van der Waals surface area contributed by atoms with Gasteiger partial charge in [-0.2, -0.15) is 0 Å². The number of rotatable bonds is 5. The Hall–Kier alpha value is -1.51. The van der Waals surface area contributed by atoms with Crippen LogP contribution in [0.3, 0.4) is 0 Å². The predicted molar refractivity (Wildman–Crippen MR) is 129 cm³/mol. The van der Waals surface area contributed by atoms with Crippen molar-refractivity contribution in [3.63, 3.8) is 0 Å². The number of likely N-dealkylation sites (tertiary alicyclic amines) is 1. The second kappa shape index (κ2) is 9.39. The first kappa shape index (κ1) is 22.3. The number of hydrogen-bond donors (Lipinski definition) is 0. The van der Waals surface area contributed by atoms with Crippen LogP contribution in [0.15, 0.2) is 24.3 Å². The Morgan fingerprint density at radius 2 is 1.78 bits per heavy atom. The number of nitrogens with zero attached hydrogens (tertiary/aromatic N) is 3. The van der Waals surface area contributed by atoms with Gasteiger partial charge >= 0.3 is 0 Å². The highest BCUT2D eigenvalue weighted by Crippen LogP contribution is 2.34. The van der Waals surface area contributed by atoms with Crippen LogP contribution in [0.4, 0.5) is 0 Å². The second-order valence-corrected chi connectivity index (χ2v) is 13.0. The van der Waals surface area contributed by atoms with Crippen LogP contribution in [0.5, 0.6) is 0 Å². The molecule has 0 radical (unpaired) electrons. The summed E-state index contributed by atoms with van der Waals surface area (Å²) in [5.41, 5.74) is 1.08. The Bertz CT molecular complexity index is 1020. The molecule has 32 heavy (non-hydrogen) atoms. The highest BCUT2D eigenvalue weighted by Gasteiger charge is 2.39. The van der Waals surface area contributed by atoms with Gasteiger partial charge in [-0.25, -0.2) is 13.4 Å². The molecule has 6 nitrogen and oxygen atoms in total. The zero-order valence-electron chi connectivity index (χ0n) is 18.6. The molecule has 0 N–H and O–H groups in total. The molecule has 0 spiro atoms. The maximum absolute atomic E-state index is 13.5. The van der Waals surface area contributed by atoms with Crippen molar-refractivity contribution < 1.29 is 13.2 Å². The smallest absolute Gasteiger partial charge is 0.237 e. The lowest BCUT2D eigenvalue weighted by Crippen LogP contribution is -2.52. The molecule has 1 amide bonds. The number of hydrogen-bond acceptors (Lipinski definition) is 6. The third-order valence-electron chi connectivity index (χ3n) is 7.46. The van der Waals surface area contributed by atoms with Crippen molar-refractivity contribution >= 4 is 37.3 Å². The zero-order valence-corrected chi connectivity index (χ0v) is 20.2. The van der Waals surface area contributed by atoms with Crippen LogP contribution in [0.2, 0.25) is 0 Å². The number of carbonyl (C=O) groups is 1. The topological polar surface area (TPSA) is 70.6 Å². The van der Waals surface area contributed by atoms with E-state index in [1.165, 1.54) is 16.1 Å². The van der Waals surface area contributed by atoms with Crippen LogP contribution in [-0.2, 0) is 14.6 Å². The molecule has 1 aromatic carbocycles. The van der Waals surface area contributed by atoms with Crippen LogP contribution in [0.1, 0.15) is 62.3 Å². The van der Waals surface area contributed by atoms with Crippen molar-refractivity contribution in [3.05, 3.63) is 29.3 Å². The van der Waals surface area contributed by atoms with Crippen LogP contribution in [-0.4, -0.2) is 72.3 Å². The maximum atomic E-state index is 13.5. The van der Waals surface area contributed by atoms with E-state index in [9.17, 15) is 13.2 Å². The lowest BCUT2D eigenvalue weighted by Gasteiger charge is -2.40. The number of sulfone groups is 1. The summed E-state index contributed by atoms with van der Waals surface area (Å²) in [6, 6.07) is 8.39. The molecule has 3 fully saturated rings. The van der Waals surface area contributed by atoms with Crippen LogP contribution in [0.25, 0.3) is 10.2 Å². The third-order valence-corrected chi connectivity index (χ3v) is 10.4. The molecule has 2 aliphatic heterocycles. The largest absolute Gasteiger partial charge is 0.335 e. The lowest BCUT2D eigenvalue weighted by atomic mass is 9.92. The molecule has 1 saturated carbocycles. The van der Waals surface area contributed by atoms with Crippen molar-refractivity contribution in [1.29, 1.82) is 0 Å². The van der Waals surface area contributed by atoms with Crippen molar-refractivity contribution in [2.75, 3.05) is 31.1 Å². The van der Waals surface area contributed by atoms with Gasteiger partial charge in [0.25, 0.3) is 0 Å². The summed E-state index contributed by atoms with van der Waals surface area (Å²) < 4.78 is 25.5. The van der Waals surface area contributed by atoms with Crippen LogP contribution >= 0.6 is 11.3 Å².